The van der Waals surface area contributed by atoms with E-state index in [1.54, 1.807) is 49.4 Å². The summed E-state index contributed by atoms with van der Waals surface area (Å²) in [4.78, 5) is 12.6. The van der Waals surface area contributed by atoms with Crippen LogP contribution in [0.2, 0.25) is 0 Å². The van der Waals surface area contributed by atoms with Crippen molar-refractivity contribution in [2.75, 3.05) is 30.4 Å². The lowest BCUT2D eigenvalue weighted by Crippen LogP contribution is -2.14. The van der Waals surface area contributed by atoms with E-state index < -0.39 is 10.0 Å². The summed E-state index contributed by atoms with van der Waals surface area (Å²) in [6.45, 7) is 1.56. The molecule has 0 fully saturated rings. The zero-order valence-corrected chi connectivity index (χ0v) is 18.7. The van der Waals surface area contributed by atoms with Crippen LogP contribution in [0.1, 0.15) is 17.3 Å². The Morgan fingerprint density at radius 2 is 1.84 bits per heavy atom. The van der Waals surface area contributed by atoms with Crippen molar-refractivity contribution in [1.82, 2.24) is 10.2 Å². The maximum absolute atomic E-state index is 12.6. The van der Waals surface area contributed by atoms with E-state index in [0.29, 0.717) is 28.3 Å². The topological polar surface area (TPSA) is 121 Å². The van der Waals surface area contributed by atoms with E-state index in [9.17, 15) is 13.2 Å². The molecular formula is C20H21N3O6S2. The van der Waals surface area contributed by atoms with Gasteiger partial charge < -0.3 is 13.9 Å². The van der Waals surface area contributed by atoms with Gasteiger partial charge in [-0.1, -0.05) is 11.8 Å². The fourth-order valence-corrected chi connectivity index (χ4v) is 3.84. The van der Waals surface area contributed by atoms with Crippen molar-refractivity contribution in [3.05, 3.63) is 48.0 Å². The molecule has 0 saturated carbocycles. The number of nitrogens with one attached hydrogen (secondary N) is 1. The van der Waals surface area contributed by atoms with Gasteiger partial charge in [0.25, 0.3) is 5.22 Å². The number of ether oxygens (including phenoxy) is 2. The molecule has 0 aliphatic rings. The smallest absolute Gasteiger partial charge is 0.277 e. The Labute approximate surface area is 184 Å². The van der Waals surface area contributed by atoms with Crippen LogP contribution in [0.3, 0.4) is 0 Å². The number of carbonyl (C=O) groups is 1. The molecule has 164 valence electrons. The van der Waals surface area contributed by atoms with Crippen LogP contribution >= 0.6 is 11.8 Å². The molecule has 0 aliphatic heterocycles. The molecule has 0 atom stereocenters. The molecule has 1 aromatic heterocycles. The van der Waals surface area contributed by atoms with Crippen LogP contribution in [0.25, 0.3) is 11.5 Å². The van der Waals surface area contributed by atoms with E-state index in [1.807, 2.05) is 0 Å². The Morgan fingerprint density at radius 3 is 2.48 bits per heavy atom. The molecule has 0 amide bonds. The van der Waals surface area contributed by atoms with Gasteiger partial charge in [0.05, 0.1) is 31.3 Å². The summed E-state index contributed by atoms with van der Waals surface area (Å²) in [7, 11) is -0.329. The number of aromatic nitrogens is 2. The van der Waals surface area contributed by atoms with Gasteiger partial charge in [-0.25, -0.2) is 8.42 Å². The van der Waals surface area contributed by atoms with Gasteiger partial charge in [-0.05, 0) is 49.4 Å². The van der Waals surface area contributed by atoms with Gasteiger partial charge in [-0.2, -0.15) is 0 Å². The molecule has 31 heavy (non-hydrogen) atoms. The Morgan fingerprint density at radius 1 is 1.10 bits per heavy atom. The molecule has 0 radical (unpaired) electrons. The minimum atomic E-state index is -3.35. The summed E-state index contributed by atoms with van der Waals surface area (Å²) in [5, 5.41) is 8.18. The number of anilines is 1. The second-order valence-corrected chi connectivity index (χ2v) is 9.17. The molecule has 0 unspecified atom stereocenters. The first kappa shape index (κ1) is 22.6. The monoisotopic (exact) mass is 463 g/mol. The third-order valence-electron chi connectivity index (χ3n) is 4.23. The van der Waals surface area contributed by atoms with Crippen LogP contribution in [0.4, 0.5) is 5.69 Å². The molecule has 0 bridgehead atoms. The lowest BCUT2D eigenvalue weighted by atomic mass is 10.1. The fourth-order valence-electron chi connectivity index (χ4n) is 2.55. The molecule has 2 aromatic carbocycles. The van der Waals surface area contributed by atoms with Gasteiger partial charge in [-0.15, -0.1) is 10.2 Å². The average molecular weight is 464 g/mol. The van der Waals surface area contributed by atoms with Crippen molar-refractivity contribution in [3.8, 4) is 23.0 Å². The molecular weight excluding hydrogens is 442 g/mol. The van der Waals surface area contributed by atoms with Crippen molar-refractivity contribution < 1.29 is 27.1 Å². The number of nitrogens with zero attached hydrogens (tertiary/aromatic N) is 2. The van der Waals surface area contributed by atoms with Gasteiger partial charge in [0, 0.05) is 11.3 Å². The third-order valence-corrected chi connectivity index (χ3v) is 6.35. The standard InChI is InChI=1S/C20H21N3O6S2/c1-4-31(25,26)23-14-7-5-13(6-8-14)19-21-22-20(29-19)30-12-17(24)16-11-15(27-2)9-10-18(16)28-3/h5-11,23H,4,12H2,1-3H3. The van der Waals surface area contributed by atoms with Crippen molar-refractivity contribution >= 4 is 33.3 Å². The molecule has 0 spiro atoms. The summed E-state index contributed by atoms with van der Waals surface area (Å²) in [5.41, 5.74) is 1.47. The highest BCUT2D eigenvalue weighted by Gasteiger charge is 2.17. The predicted molar refractivity (Wildman–Crippen MR) is 117 cm³/mol. The van der Waals surface area contributed by atoms with Gasteiger partial charge in [0.2, 0.25) is 15.9 Å². The number of sulfonamides is 1. The first-order chi connectivity index (χ1) is 14.8. The maximum Gasteiger partial charge on any atom is 0.277 e. The summed E-state index contributed by atoms with van der Waals surface area (Å²) >= 11 is 1.11. The number of thioether (sulfide) groups is 1. The van der Waals surface area contributed by atoms with Crippen LogP contribution < -0.4 is 14.2 Å². The second-order valence-electron chi connectivity index (χ2n) is 6.23. The molecule has 3 aromatic rings. The number of rotatable bonds is 10. The molecule has 11 heteroatoms. The second kappa shape index (κ2) is 9.84. The Bertz CT molecular complexity index is 1160. The highest BCUT2D eigenvalue weighted by atomic mass is 32.2. The average Bonchev–Trinajstić information content (AvgIpc) is 3.26. The number of Topliss-reactive ketones (excluding diaryl/α,β-unsaturated/α-hetero) is 1. The van der Waals surface area contributed by atoms with E-state index in [0.717, 1.165) is 11.8 Å². The maximum atomic E-state index is 12.6. The number of benzene rings is 2. The van der Waals surface area contributed by atoms with E-state index in [2.05, 4.69) is 14.9 Å². The quantitative estimate of drug-likeness (QED) is 0.356. The van der Waals surface area contributed by atoms with E-state index in [1.165, 1.54) is 14.2 Å². The van der Waals surface area contributed by atoms with Crippen molar-refractivity contribution in [3.63, 3.8) is 0 Å². The van der Waals surface area contributed by atoms with Crippen molar-refractivity contribution in [1.29, 1.82) is 0 Å². The number of methoxy groups -OCH3 is 2. The molecule has 0 saturated heterocycles. The SMILES string of the molecule is CCS(=O)(=O)Nc1ccc(-c2nnc(SCC(=O)c3cc(OC)ccc3OC)o2)cc1. The minimum Gasteiger partial charge on any atom is -0.497 e. The highest BCUT2D eigenvalue weighted by molar-refractivity contribution is 7.99. The van der Waals surface area contributed by atoms with E-state index >= 15 is 0 Å². The first-order valence-corrected chi connectivity index (χ1v) is 11.8. The van der Waals surface area contributed by atoms with Gasteiger partial charge in [-0.3, -0.25) is 9.52 Å². The molecule has 1 N–H and O–H groups in total. The molecule has 3 rings (SSSR count). The zero-order chi connectivity index (χ0) is 22.4. The zero-order valence-electron chi connectivity index (χ0n) is 17.1. The number of hydrogen-bond donors (Lipinski definition) is 1. The molecule has 9 nitrogen and oxygen atoms in total. The third kappa shape index (κ3) is 5.76. The van der Waals surface area contributed by atoms with E-state index in [4.69, 9.17) is 13.9 Å². The molecule has 0 aliphatic carbocycles. The number of hydrogen-bond acceptors (Lipinski definition) is 9. The fraction of sp³-hybridized carbons (Fsp3) is 0.250. The van der Waals surface area contributed by atoms with Crippen LogP contribution in [0.5, 0.6) is 11.5 Å². The van der Waals surface area contributed by atoms with Crippen molar-refractivity contribution in [2.24, 2.45) is 0 Å². The summed E-state index contributed by atoms with van der Waals surface area (Å²) in [5.74, 6) is 1.16. The van der Waals surface area contributed by atoms with Crippen LogP contribution in [-0.4, -0.2) is 50.1 Å². The van der Waals surface area contributed by atoms with Crippen LogP contribution in [-0.2, 0) is 10.0 Å². The number of ketones is 1. The Hall–Kier alpha value is -3.05. The lowest BCUT2D eigenvalue weighted by Gasteiger charge is -2.08. The summed E-state index contributed by atoms with van der Waals surface area (Å²) in [6.07, 6.45) is 0. The summed E-state index contributed by atoms with van der Waals surface area (Å²) < 4.78 is 41.8. The lowest BCUT2D eigenvalue weighted by molar-refractivity contribution is 0.101. The highest BCUT2D eigenvalue weighted by Crippen LogP contribution is 2.28. The van der Waals surface area contributed by atoms with Crippen molar-refractivity contribution in [2.45, 2.75) is 12.1 Å². The Kier molecular flexibility index (Phi) is 7.18. The van der Waals surface area contributed by atoms with Gasteiger partial charge in [0.1, 0.15) is 11.5 Å². The first-order valence-electron chi connectivity index (χ1n) is 9.17. The predicted octanol–water partition coefficient (Wildman–Crippen LogP) is 3.49. The van der Waals surface area contributed by atoms with Gasteiger partial charge >= 0.3 is 0 Å². The largest absolute Gasteiger partial charge is 0.497 e. The summed E-state index contributed by atoms with van der Waals surface area (Å²) in [6, 6.07) is 11.6. The van der Waals surface area contributed by atoms with E-state index in [-0.39, 0.29) is 28.4 Å². The minimum absolute atomic E-state index is 0.0145. The van der Waals surface area contributed by atoms with Gasteiger partial charge in [0.15, 0.2) is 5.78 Å². The number of carbonyl (C=O) groups excluding carboxylic acids is 1. The normalized spacial score (nSPS) is 11.2. The molecule has 1 heterocycles. The van der Waals surface area contributed by atoms with Crippen LogP contribution in [0.15, 0.2) is 52.1 Å². The Balaban J connectivity index is 1.66. The van der Waals surface area contributed by atoms with Crippen LogP contribution in [0, 0.1) is 0 Å².